The summed E-state index contributed by atoms with van der Waals surface area (Å²) in [6.07, 6.45) is 4.22. The maximum atomic E-state index is 10.3. The van der Waals surface area contributed by atoms with Gasteiger partial charge < -0.3 is 5.11 Å². The summed E-state index contributed by atoms with van der Waals surface area (Å²) in [5.74, 6) is -0.822. The van der Waals surface area contributed by atoms with Crippen LogP contribution in [-0.4, -0.2) is 23.7 Å². The van der Waals surface area contributed by atoms with Crippen molar-refractivity contribution >= 4 is 5.91 Å². The highest BCUT2D eigenvalue weighted by atomic mass is 16.3. The van der Waals surface area contributed by atoms with E-state index >= 15 is 0 Å². The third kappa shape index (κ3) is 6.13. The van der Waals surface area contributed by atoms with E-state index in [2.05, 4.69) is 10.4 Å². The van der Waals surface area contributed by atoms with E-state index in [0.29, 0.717) is 19.3 Å². The highest BCUT2D eigenvalue weighted by Crippen LogP contribution is 2.04. The minimum Gasteiger partial charge on any atom is -0.394 e. The number of amides is 1. The first-order valence-electron chi connectivity index (χ1n) is 4.21. The van der Waals surface area contributed by atoms with Gasteiger partial charge in [0, 0.05) is 11.3 Å². The number of hydrogen-bond donors (Lipinski definition) is 1. The Hall–Kier alpha value is -1.43. The summed E-state index contributed by atoms with van der Waals surface area (Å²) < 4.78 is 0. The summed E-state index contributed by atoms with van der Waals surface area (Å²) in [7, 11) is 0. The lowest BCUT2D eigenvalue weighted by Gasteiger charge is -2.01. The lowest BCUT2D eigenvalue weighted by molar-refractivity contribution is -0.113. The molecule has 0 bridgehead atoms. The Balaban J connectivity index is 3.54. The third-order valence-electron chi connectivity index (χ3n) is 1.62. The van der Waals surface area contributed by atoms with Gasteiger partial charge in [0.25, 0.3) is 0 Å². The second-order valence-corrected chi connectivity index (χ2v) is 2.70. The van der Waals surface area contributed by atoms with E-state index in [4.69, 9.17) is 5.11 Å². The van der Waals surface area contributed by atoms with Crippen molar-refractivity contribution in [2.75, 3.05) is 6.61 Å². The summed E-state index contributed by atoms with van der Waals surface area (Å²) >= 11 is 0. The number of nitrogens with zero attached hydrogens (tertiary/aromatic N) is 2. The van der Waals surface area contributed by atoms with Gasteiger partial charge in [0.15, 0.2) is 0 Å². The Kier molecular flexibility index (Phi) is 7.35. The van der Waals surface area contributed by atoms with Crippen LogP contribution in [0.2, 0.25) is 0 Å². The zero-order valence-electron chi connectivity index (χ0n) is 7.63. The molecule has 0 aromatic heterocycles. The van der Waals surface area contributed by atoms with Crippen molar-refractivity contribution in [2.24, 2.45) is 10.4 Å². The maximum Gasteiger partial charge on any atom is 0.309 e. The second kappa shape index (κ2) is 8.18. The number of rotatable bonds is 7. The molecule has 0 aliphatic heterocycles. The lowest BCUT2D eigenvalue weighted by atomic mass is 10.1. The number of carbonyl (C=O) groups is 1. The van der Waals surface area contributed by atoms with Crippen LogP contribution in [-0.2, 0) is 4.79 Å². The summed E-state index contributed by atoms with van der Waals surface area (Å²) in [6.45, 7) is -0.262. The van der Waals surface area contributed by atoms with Crippen molar-refractivity contribution in [3.05, 3.63) is 22.0 Å². The van der Waals surface area contributed by atoms with E-state index in [1.807, 2.05) is 0 Å². The van der Waals surface area contributed by atoms with Crippen LogP contribution in [0.3, 0.4) is 0 Å². The molecule has 0 aliphatic rings. The van der Waals surface area contributed by atoms with E-state index in [1.165, 1.54) is 6.08 Å². The smallest absolute Gasteiger partial charge is 0.309 e. The first-order chi connectivity index (χ1) is 6.74. The Bertz CT molecular complexity index is 227. The second-order valence-electron chi connectivity index (χ2n) is 2.70. The molecular formula is C8H12N2O4. The lowest BCUT2D eigenvalue weighted by Crippen LogP contribution is -2.08. The summed E-state index contributed by atoms with van der Waals surface area (Å²) in [5, 5.41) is 13.5. The molecule has 0 heterocycles. The van der Waals surface area contributed by atoms with Crippen LogP contribution < -0.4 is 0 Å². The number of aliphatic hydroxyl groups is 1. The van der Waals surface area contributed by atoms with Gasteiger partial charge in [-0.15, -0.1) is 4.91 Å². The molecular weight excluding hydrogens is 188 g/mol. The number of carbonyl (C=O) groups excluding carboxylic acids is 1. The van der Waals surface area contributed by atoms with Crippen molar-refractivity contribution in [1.82, 2.24) is 0 Å². The molecule has 0 radical (unpaired) electrons. The third-order valence-corrected chi connectivity index (χ3v) is 1.62. The maximum absolute atomic E-state index is 10.3. The van der Waals surface area contributed by atoms with E-state index in [0.717, 1.165) is 6.08 Å². The summed E-state index contributed by atoms with van der Waals surface area (Å²) in [5.41, 5.74) is 0. The number of hydrogen-bond acceptors (Lipinski definition) is 5. The van der Waals surface area contributed by atoms with Gasteiger partial charge in [-0.1, -0.05) is 11.3 Å². The van der Waals surface area contributed by atoms with Crippen LogP contribution in [0.4, 0.5) is 0 Å². The number of nitroso groups, excluding NO2 is 2. The van der Waals surface area contributed by atoms with E-state index in [9.17, 15) is 14.6 Å². The monoisotopic (exact) mass is 200 g/mol. The van der Waals surface area contributed by atoms with E-state index in [-0.39, 0.29) is 6.61 Å². The Morgan fingerprint density at radius 1 is 1.43 bits per heavy atom. The highest BCUT2D eigenvalue weighted by Gasteiger charge is 2.04. The predicted molar refractivity (Wildman–Crippen MR) is 50.5 cm³/mol. The molecule has 1 atom stereocenters. The first-order valence-corrected chi connectivity index (χ1v) is 4.21. The van der Waals surface area contributed by atoms with Crippen LogP contribution in [0.1, 0.15) is 19.3 Å². The van der Waals surface area contributed by atoms with Gasteiger partial charge >= 0.3 is 5.91 Å². The van der Waals surface area contributed by atoms with Crippen LogP contribution in [0.25, 0.3) is 0 Å². The molecule has 0 aromatic rings. The molecule has 0 fully saturated rings. The number of aliphatic hydroxyl groups excluding tert-OH is 1. The first kappa shape index (κ1) is 12.6. The van der Waals surface area contributed by atoms with Crippen LogP contribution in [0.15, 0.2) is 22.5 Å². The highest BCUT2D eigenvalue weighted by molar-refractivity contribution is 5.87. The fourth-order valence-electron chi connectivity index (χ4n) is 0.863. The molecule has 1 amide bonds. The Labute approximate surface area is 80.9 Å². The molecule has 0 aliphatic carbocycles. The van der Waals surface area contributed by atoms with Crippen molar-refractivity contribution in [3.8, 4) is 0 Å². The van der Waals surface area contributed by atoms with Crippen LogP contribution in [0, 0.1) is 9.81 Å². The van der Waals surface area contributed by atoms with E-state index < -0.39 is 11.9 Å². The molecule has 6 nitrogen and oxygen atoms in total. The molecule has 0 aromatic carbocycles. The van der Waals surface area contributed by atoms with Crippen molar-refractivity contribution < 1.29 is 9.90 Å². The standard InChI is InChI=1S/C8H12N2O4/c11-6-7(9-13)4-2-1-3-5-8(12)10-14/h3,5,7,11H,1-2,4,6H2/b5-3+. The molecule has 78 valence electrons. The van der Waals surface area contributed by atoms with Gasteiger partial charge in [-0.25, -0.2) is 0 Å². The van der Waals surface area contributed by atoms with E-state index in [1.54, 1.807) is 0 Å². The minimum atomic E-state index is -0.822. The van der Waals surface area contributed by atoms with Crippen LogP contribution in [0.5, 0.6) is 0 Å². The zero-order valence-corrected chi connectivity index (χ0v) is 7.63. The zero-order chi connectivity index (χ0) is 10.8. The quantitative estimate of drug-likeness (QED) is 0.378. The van der Waals surface area contributed by atoms with Gasteiger partial charge in [-0.05, 0) is 19.3 Å². The average Bonchev–Trinajstić information content (AvgIpc) is 2.23. The molecule has 14 heavy (non-hydrogen) atoms. The largest absolute Gasteiger partial charge is 0.394 e. The molecule has 0 rings (SSSR count). The van der Waals surface area contributed by atoms with Gasteiger partial charge in [0.2, 0.25) is 0 Å². The van der Waals surface area contributed by atoms with Gasteiger partial charge in [-0.2, -0.15) is 4.91 Å². The summed E-state index contributed by atoms with van der Waals surface area (Å²) in [6, 6.07) is -0.580. The molecule has 0 saturated carbocycles. The van der Waals surface area contributed by atoms with Crippen molar-refractivity contribution in [1.29, 1.82) is 0 Å². The normalized spacial score (nSPS) is 12.6. The molecule has 0 spiro atoms. The predicted octanol–water partition coefficient (Wildman–Crippen LogP) is 1.13. The summed E-state index contributed by atoms with van der Waals surface area (Å²) in [4.78, 5) is 30.0. The fourth-order valence-corrected chi connectivity index (χ4v) is 0.863. The van der Waals surface area contributed by atoms with Gasteiger partial charge in [-0.3, -0.25) is 4.79 Å². The van der Waals surface area contributed by atoms with Crippen LogP contribution >= 0.6 is 0 Å². The molecule has 1 unspecified atom stereocenters. The van der Waals surface area contributed by atoms with Gasteiger partial charge in [0.1, 0.15) is 6.04 Å². The van der Waals surface area contributed by atoms with Gasteiger partial charge in [0.05, 0.1) is 6.61 Å². The van der Waals surface area contributed by atoms with Crippen molar-refractivity contribution in [2.45, 2.75) is 25.3 Å². The Morgan fingerprint density at radius 2 is 2.14 bits per heavy atom. The number of allylic oxidation sites excluding steroid dienone is 1. The SMILES string of the molecule is O=NC(=O)/C=C/CCCC(CO)N=O. The number of unbranched alkanes of at least 4 members (excludes halogenated alkanes) is 1. The molecule has 0 saturated heterocycles. The Morgan fingerprint density at radius 3 is 2.64 bits per heavy atom. The average molecular weight is 200 g/mol. The topological polar surface area (TPSA) is 96.2 Å². The molecule has 6 heteroatoms. The van der Waals surface area contributed by atoms with Crippen molar-refractivity contribution in [3.63, 3.8) is 0 Å². The fraction of sp³-hybridized carbons (Fsp3) is 0.625. The minimum absolute atomic E-state index is 0.262. The molecule has 1 N–H and O–H groups in total.